The van der Waals surface area contributed by atoms with Crippen molar-refractivity contribution in [2.45, 2.75) is 58.5 Å². The number of nitrogens with zero attached hydrogens (tertiary/aromatic N) is 2. The Morgan fingerprint density at radius 3 is 2.61 bits per heavy atom. The first-order valence-electron chi connectivity index (χ1n) is 9.66. The van der Waals surface area contributed by atoms with Crippen LogP contribution >= 0.6 is 0 Å². The van der Waals surface area contributed by atoms with Crippen molar-refractivity contribution in [3.63, 3.8) is 0 Å². The lowest BCUT2D eigenvalue weighted by Crippen LogP contribution is -2.45. The summed E-state index contributed by atoms with van der Waals surface area (Å²) in [4.78, 5) is 6.04. The molecule has 0 amide bonds. The fourth-order valence-electron chi connectivity index (χ4n) is 3.09. The average Bonchev–Trinajstić information content (AvgIpc) is 2.97. The first-order valence-corrected chi connectivity index (χ1v) is 9.66. The van der Waals surface area contributed by atoms with E-state index < -0.39 is 12.7 Å². The zero-order valence-electron chi connectivity index (χ0n) is 17.1. The molecule has 0 bridgehead atoms. The van der Waals surface area contributed by atoms with Crippen LogP contribution in [0.1, 0.15) is 39.7 Å². The molecule has 2 N–H and O–H groups in total. The normalized spacial score (nSPS) is 19.0. The highest BCUT2D eigenvalue weighted by Gasteiger charge is 2.34. The Morgan fingerprint density at radius 2 is 1.96 bits per heavy atom. The van der Waals surface area contributed by atoms with Gasteiger partial charge in [0.1, 0.15) is 11.4 Å². The number of hydrogen-bond acceptors (Lipinski definition) is 3. The predicted molar refractivity (Wildman–Crippen MR) is 106 cm³/mol. The van der Waals surface area contributed by atoms with E-state index in [1.54, 1.807) is 0 Å². The lowest BCUT2D eigenvalue weighted by molar-refractivity contribution is -0.143. The van der Waals surface area contributed by atoms with Crippen LogP contribution in [0.3, 0.4) is 0 Å². The van der Waals surface area contributed by atoms with Crippen LogP contribution in [0.4, 0.5) is 13.2 Å². The van der Waals surface area contributed by atoms with E-state index in [4.69, 9.17) is 4.74 Å². The van der Waals surface area contributed by atoms with Crippen LogP contribution in [0.15, 0.2) is 29.3 Å². The Labute approximate surface area is 165 Å². The third-order valence-corrected chi connectivity index (χ3v) is 4.16. The summed E-state index contributed by atoms with van der Waals surface area (Å²) >= 11 is 0. The number of guanidine groups is 1. The van der Waals surface area contributed by atoms with Gasteiger partial charge in [-0.25, -0.2) is 4.99 Å². The molecule has 1 aliphatic heterocycles. The number of aliphatic imine (C=N–C) groups is 1. The van der Waals surface area contributed by atoms with Gasteiger partial charge in [-0.1, -0.05) is 18.2 Å². The number of hydrogen-bond donors (Lipinski definition) is 2. The van der Waals surface area contributed by atoms with Gasteiger partial charge in [-0.05, 0) is 40.2 Å². The van der Waals surface area contributed by atoms with Gasteiger partial charge in [-0.3, -0.25) is 4.90 Å². The number of ether oxygens (including phenoxy) is 1. The van der Waals surface area contributed by atoms with Gasteiger partial charge < -0.3 is 15.4 Å². The van der Waals surface area contributed by atoms with E-state index in [-0.39, 0.29) is 11.6 Å². The second kappa shape index (κ2) is 9.49. The molecule has 1 unspecified atom stereocenters. The second-order valence-corrected chi connectivity index (χ2v) is 8.00. The van der Waals surface area contributed by atoms with E-state index in [1.807, 2.05) is 52.0 Å². The third-order valence-electron chi connectivity index (χ3n) is 4.16. The number of benzene rings is 1. The molecule has 1 aliphatic rings. The smallest absolute Gasteiger partial charge is 0.401 e. The monoisotopic (exact) mass is 400 g/mol. The topological polar surface area (TPSA) is 48.9 Å². The van der Waals surface area contributed by atoms with Gasteiger partial charge in [-0.2, -0.15) is 13.2 Å². The van der Waals surface area contributed by atoms with E-state index >= 15 is 0 Å². The van der Waals surface area contributed by atoms with Crippen LogP contribution in [0.5, 0.6) is 5.75 Å². The highest BCUT2D eigenvalue weighted by atomic mass is 19.4. The molecular weight excluding hydrogens is 369 g/mol. The van der Waals surface area contributed by atoms with Crippen LogP contribution in [0.25, 0.3) is 0 Å². The molecule has 0 saturated carbocycles. The SMILES string of the molecule is CCNC(=NCc1ccccc1OC(C)(C)C)NC1CCN(CC(F)(F)F)C1. The third kappa shape index (κ3) is 7.96. The highest BCUT2D eigenvalue weighted by Crippen LogP contribution is 2.24. The van der Waals surface area contributed by atoms with E-state index in [2.05, 4.69) is 15.6 Å². The maximum Gasteiger partial charge on any atom is 0.401 e. The number of halogens is 3. The van der Waals surface area contributed by atoms with Crippen LogP contribution in [0.2, 0.25) is 0 Å². The van der Waals surface area contributed by atoms with E-state index in [0.29, 0.717) is 38.6 Å². The molecular formula is C20H31F3N4O. The van der Waals surface area contributed by atoms with Gasteiger partial charge in [0.2, 0.25) is 0 Å². The summed E-state index contributed by atoms with van der Waals surface area (Å²) < 4.78 is 43.7. The van der Waals surface area contributed by atoms with Gasteiger partial charge in [0, 0.05) is 31.2 Å². The lowest BCUT2D eigenvalue weighted by Gasteiger charge is -2.23. The van der Waals surface area contributed by atoms with Crippen molar-refractivity contribution >= 4 is 5.96 Å². The molecule has 0 aliphatic carbocycles. The van der Waals surface area contributed by atoms with Crippen molar-refractivity contribution in [2.24, 2.45) is 4.99 Å². The first-order chi connectivity index (χ1) is 13.1. The number of likely N-dealkylation sites (tertiary alicyclic amines) is 1. The first kappa shape index (κ1) is 22.3. The number of para-hydroxylation sites is 1. The Morgan fingerprint density at radius 1 is 1.25 bits per heavy atom. The fraction of sp³-hybridized carbons (Fsp3) is 0.650. The molecule has 0 spiro atoms. The quantitative estimate of drug-likeness (QED) is 0.566. The van der Waals surface area contributed by atoms with Gasteiger partial charge in [0.15, 0.2) is 5.96 Å². The Bertz CT molecular complexity index is 656. The number of alkyl halides is 3. The molecule has 158 valence electrons. The molecule has 1 aromatic rings. The van der Waals surface area contributed by atoms with Gasteiger partial charge in [-0.15, -0.1) is 0 Å². The Kier molecular flexibility index (Phi) is 7.57. The largest absolute Gasteiger partial charge is 0.488 e. The highest BCUT2D eigenvalue weighted by molar-refractivity contribution is 5.80. The molecule has 1 aromatic carbocycles. The van der Waals surface area contributed by atoms with Crippen LogP contribution in [0, 0.1) is 0 Å². The van der Waals surface area contributed by atoms with Crippen molar-refractivity contribution in [2.75, 3.05) is 26.2 Å². The minimum Gasteiger partial charge on any atom is -0.488 e. The molecule has 1 fully saturated rings. The Hall–Kier alpha value is -1.96. The van der Waals surface area contributed by atoms with E-state index in [1.165, 1.54) is 4.90 Å². The summed E-state index contributed by atoms with van der Waals surface area (Å²) in [5.74, 6) is 1.39. The van der Waals surface area contributed by atoms with Crippen LogP contribution in [-0.4, -0.2) is 54.9 Å². The van der Waals surface area contributed by atoms with E-state index in [0.717, 1.165) is 11.3 Å². The number of rotatable bonds is 6. The standard InChI is InChI=1S/C20H31F3N4O/c1-5-24-18(26-16-10-11-27(13-16)14-20(21,22)23)25-12-15-8-6-7-9-17(15)28-19(2,3)4/h6-9,16H,5,10-14H2,1-4H3,(H2,24,25,26). The van der Waals surface area contributed by atoms with Crippen molar-refractivity contribution in [3.05, 3.63) is 29.8 Å². The average molecular weight is 400 g/mol. The fourth-order valence-corrected chi connectivity index (χ4v) is 3.09. The summed E-state index contributed by atoms with van der Waals surface area (Å²) in [5.41, 5.74) is 0.647. The molecule has 0 radical (unpaired) electrons. The maximum atomic E-state index is 12.6. The van der Waals surface area contributed by atoms with Crippen LogP contribution < -0.4 is 15.4 Å². The number of nitrogens with one attached hydrogen (secondary N) is 2. The van der Waals surface area contributed by atoms with Crippen LogP contribution in [-0.2, 0) is 6.54 Å². The minimum atomic E-state index is -4.16. The summed E-state index contributed by atoms with van der Waals surface area (Å²) in [5, 5.41) is 6.43. The molecule has 1 saturated heterocycles. The minimum absolute atomic E-state index is 0.0544. The van der Waals surface area contributed by atoms with E-state index in [9.17, 15) is 13.2 Å². The molecule has 8 heteroatoms. The second-order valence-electron chi connectivity index (χ2n) is 8.00. The molecule has 1 heterocycles. The molecule has 0 aromatic heterocycles. The lowest BCUT2D eigenvalue weighted by atomic mass is 10.1. The summed E-state index contributed by atoms with van der Waals surface area (Å²) in [6, 6.07) is 7.69. The van der Waals surface area contributed by atoms with Crippen molar-refractivity contribution in [1.29, 1.82) is 0 Å². The van der Waals surface area contributed by atoms with Gasteiger partial charge in [0.25, 0.3) is 0 Å². The summed E-state index contributed by atoms with van der Waals surface area (Å²) in [6.07, 6.45) is -3.51. The van der Waals surface area contributed by atoms with Gasteiger partial charge >= 0.3 is 6.18 Å². The maximum absolute atomic E-state index is 12.6. The van der Waals surface area contributed by atoms with Crippen molar-refractivity contribution in [1.82, 2.24) is 15.5 Å². The Balaban J connectivity index is 2.00. The van der Waals surface area contributed by atoms with Gasteiger partial charge in [0.05, 0.1) is 13.1 Å². The molecule has 5 nitrogen and oxygen atoms in total. The van der Waals surface area contributed by atoms with Crippen molar-refractivity contribution in [3.8, 4) is 5.75 Å². The molecule has 28 heavy (non-hydrogen) atoms. The zero-order valence-corrected chi connectivity index (χ0v) is 17.1. The predicted octanol–water partition coefficient (Wildman–Crippen LogP) is 3.56. The van der Waals surface area contributed by atoms with Crippen molar-refractivity contribution < 1.29 is 17.9 Å². The summed E-state index contributed by atoms with van der Waals surface area (Å²) in [6.45, 7) is 8.94. The molecule has 2 rings (SSSR count). The molecule has 1 atom stereocenters. The summed E-state index contributed by atoms with van der Waals surface area (Å²) in [7, 11) is 0. The zero-order chi connectivity index (χ0) is 20.8.